The molecule has 1 saturated carbocycles. The summed E-state index contributed by atoms with van der Waals surface area (Å²) in [6.07, 6.45) is 4.06. The van der Waals surface area contributed by atoms with Gasteiger partial charge in [0.05, 0.1) is 6.42 Å². The van der Waals surface area contributed by atoms with E-state index in [1.165, 1.54) is 12.8 Å². The minimum absolute atomic E-state index is 0.129. The summed E-state index contributed by atoms with van der Waals surface area (Å²) in [5.74, 6) is 2.07. The van der Waals surface area contributed by atoms with Crippen LogP contribution in [-0.4, -0.2) is 11.9 Å². The lowest BCUT2D eigenvalue weighted by Crippen LogP contribution is -2.46. The highest BCUT2D eigenvalue weighted by molar-refractivity contribution is 5.79. The fourth-order valence-electron chi connectivity index (χ4n) is 3.45. The van der Waals surface area contributed by atoms with Gasteiger partial charge in [-0.25, -0.2) is 0 Å². The number of nitrogens with two attached hydrogens (primary N) is 1. The average molecular weight is 288 g/mol. The smallest absolute Gasteiger partial charge is 0.224 e. The maximum absolute atomic E-state index is 12.3. The minimum atomic E-state index is 0.129. The zero-order valence-electron chi connectivity index (χ0n) is 13.4. The van der Waals surface area contributed by atoms with Crippen LogP contribution in [0.2, 0.25) is 0 Å². The Hall–Kier alpha value is -1.51. The molecule has 0 heterocycles. The summed E-state index contributed by atoms with van der Waals surface area (Å²) >= 11 is 0. The number of carbonyl (C=O) groups is 1. The maximum atomic E-state index is 12.3. The van der Waals surface area contributed by atoms with Gasteiger partial charge in [0.2, 0.25) is 5.91 Å². The minimum Gasteiger partial charge on any atom is -0.399 e. The van der Waals surface area contributed by atoms with Crippen LogP contribution in [0.15, 0.2) is 24.3 Å². The normalized spacial score (nSPS) is 25.8. The number of hydrogen-bond acceptors (Lipinski definition) is 2. The van der Waals surface area contributed by atoms with Gasteiger partial charge in [-0.05, 0) is 48.3 Å². The van der Waals surface area contributed by atoms with Crippen LogP contribution in [-0.2, 0) is 11.2 Å². The van der Waals surface area contributed by atoms with Crippen LogP contribution in [0.1, 0.15) is 45.6 Å². The largest absolute Gasteiger partial charge is 0.399 e. The third-order valence-electron chi connectivity index (χ3n) is 4.71. The van der Waals surface area contributed by atoms with Crippen molar-refractivity contribution in [3.05, 3.63) is 29.8 Å². The SMILES string of the molecule is CC1CCC(C(C)C)C(NC(=O)Cc2ccc(N)cc2)C1. The first-order valence-corrected chi connectivity index (χ1v) is 8.09. The summed E-state index contributed by atoms with van der Waals surface area (Å²) in [7, 11) is 0. The highest BCUT2D eigenvalue weighted by atomic mass is 16.1. The van der Waals surface area contributed by atoms with E-state index in [2.05, 4.69) is 26.1 Å². The summed E-state index contributed by atoms with van der Waals surface area (Å²) < 4.78 is 0. The Bertz CT molecular complexity index is 467. The van der Waals surface area contributed by atoms with Gasteiger partial charge in [0.15, 0.2) is 0 Å². The molecule has 3 heteroatoms. The van der Waals surface area contributed by atoms with Gasteiger partial charge in [-0.15, -0.1) is 0 Å². The predicted molar refractivity (Wildman–Crippen MR) is 87.8 cm³/mol. The van der Waals surface area contributed by atoms with E-state index < -0.39 is 0 Å². The third-order valence-corrected chi connectivity index (χ3v) is 4.71. The van der Waals surface area contributed by atoms with Gasteiger partial charge >= 0.3 is 0 Å². The fraction of sp³-hybridized carbons (Fsp3) is 0.611. The Kier molecular flexibility index (Phi) is 5.27. The molecular formula is C18H28N2O. The number of amides is 1. The van der Waals surface area contributed by atoms with E-state index in [1.54, 1.807) is 0 Å². The molecule has 0 saturated heterocycles. The first-order valence-electron chi connectivity index (χ1n) is 8.09. The molecule has 3 unspecified atom stereocenters. The maximum Gasteiger partial charge on any atom is 0.224 e. The zero-order valence-corrected chi connectivity index (χ0v) is 13.4. The lowest BCUT2D eigenvalue weighted by atomic mass is 9.74. The Morgan fingerprint density at radius 3 is 2.57 bits per heavy atom. The lowest BCUT2D eigenvalue weighted by Gasteiger charge is -2.37. The Morgan fingerprint density at radius 1 is 1.29 bits per heavy atom. The summed E-state index contributed by atoms with van der Waals surface area (Å²) in [5, 5.41) is 3.27. The Balaban J connectivity index is 1.94. The summed E-state index contributed by atoms with van der Waals surface area (Å²) in [5.41, 5.74) is 7.43. The van der Waals surface area contributed by atoms with E-state index in [0.717, 1.165) is 17.7 Å². The molecule has 1 fully saturated rings. The van der Waals surface area contributed by atoms with Crippen molar-refractivity contribution in [2.75, 3.05) is 5.73 Å². The molecule has 1 aromatic rings. The molecule has 0 radical (unpaired) electrons. The Labute approximate surface area is 128 Å². The van der Waals surface area contributed by atoms with Gasteiger partial charge < -0.3 is 11.1 Å². The molecule has 3 nitrogen and oxygen atoms in total. The quantitative estimate of drug-likeness (QED) is 0.834. The van der Waals surface area contributed by atoms with E-state index in [4.69, 9.17) is 5.73 Å². The van der Waals surface area contributed by atoms with E-state index in [-0.39, 0.29) is 5.91 Å². The first kappa shape index (κ1) is 15.9. The van der Waals surface area contributed by atoms with Crippen LogP contribution in [0.25, 0.3) is 0 Å². The molecule has 3 atom stereocenters. The van der Waals surface area contributed by atoms with Crippen LogP contribution in [0.3, 0.4) is 0 Å². The lowest BCUT2D eigenvalue weighted by molar-refractivity contribution is -0.122. The van der Waals surface area contributed by atoms with Gasteiger partial charge in [0.25, 0.3) is 0 Å². The summed E-state index contributed by atoms with van der Waals surface area (Å²) in [4.78, 5) is 12.3. The van der Waals surface area contributed by atoms with Crippen molar-refractivity contribution in [3.8, 4) is 0 Å². The summed E-state index contributed by atoms with van der Waals surface area (Å²) in [6, 6.07) is 7.89. The molecule has 21 heavy (non-hydrogen) atoms. The van der Waals surface area contributed by atoms with Crippen molar-refractivity contribution in [2.24, 2.45) is 17.8 Å². The molecule has 1 aliphatic rings. The van der Waals surface area contributed by atoms with E-state index in [0.29, 0.717) is 30.2 Å². The predicted octanol–water partition coefficient (Wildman–Crippen LogP) is 3.39. The van der Waals surface area contributed by atoms with Crippen LogP contribution in [0.4, 0.5) is 5.69 Å². The Morgan fingerprint density at radius 2 is 1.95 bits per heavy atom. The molecule has 0 bridgehead atoms. The second-order valence-corrected chi connectivity index (χ2v) is 6.92. The van der Waals surface area contributed by atoms with E-state index in [1.807, 2.05) is 24.3 Å². The van der Waals surface area contributed by atoms with Crippen molar-refractivity contribution in [1.29, 1.82) is 0 Å². The second-order valence-electron chi connectivity index (χ2n) is 6.92. The van der Waals surface area contributed by atoms with Gasteiger partial charge in [-0.2, -0.15) is 0 Å². The topological polar surface area (TPSA) is 55.1 Å². The molecule has 0 aromatic heterocycles. The average Bonchev–Trinajstić information content (AvgIpc) is 2.41. The first-order chi connectivity index (χ1) is 9.95. The zero-order chi connectivity index (χ0) is 15.4. The number of anilines is 1. The highest BCUT2D eigenvalue weighted by Crippen LogP contribution is 2.33. The molecule has 0 aliphatic heterocycles. The fourth-order valence-corrected chi connectivity index (χ4v) is 3.45. The van der Waals surface area contributed by atoms with E-state index in [9.17, 15) is 4.79 Å². The number of nitrogens with one attached hydrogen (secondary N) is 1. The molecule has 116 valence electrons. The summed E-state index contributed by atoms with van der Waals surface area (Å²) in [6.45, 7) is 6.81. The van der Waals surface area contributed by atoms with Crippen LogP contribution in [0.5, 0.6) is 0 Å². The van der Waals surface area contributed by atoms with Crippen LogP contribution in [0, 0.1) is 17.8 Å². The number of hydrogen-bond donors (Lipinski definition) is 2. The third kappa shape index (κ3) is 4.48. The van der Waals surface area contributed by atoms with Crippen molar-refractivity contribution in [1.82, 2.24) is 5.32 Å². The highest BCUT2D eigenvalue weighted by Gasteiger charge is 2.31. The van der Waals surface area contributed by atoms with Crippen molar-refractivity contribution in [3.63, 3.8) is 0 Å². The van der Waals surface area contributed by atoms with Gasteiger partial charge in [0, 0.05) is 11.7 Å². The monoisotopic (exact) mass is 288 g/mol. The van der Waals surface area contributed by atoms with Crippen molar-refractivity contribution >= 4 is 11.6 Å². The molecule has 2 rings (SSSR count). The number of rotatable bonds is 4. The van der Waals surface area contributed by atoms with Crippen molar-refractivity contribution < 1.29 is 4.79 Å². The number of benzene rings is 1. The molecule has 1 aromatic carbocycles. The standard InChI is InChI=1S/C18H28N2O/c1-12(2)16-9-4-13(3)10-17(16)20-18(21)11-14-5-7-15(19)8-6-14/h5-8,12-13,16-17H,4,9-11,19H2,1-3H3,(H,20,21). The molecule has 1 aliphatic carbocycles. The molecule has 3 N–H and O–H groups in total. The van der Waals surface area contributed by atoms with Gasteiger partial charge in [-0.3, -0.25) is 4.79 Å². The molecule has 0 spiro atoms. The molecule has 1 amide bonds. The second kappa shape index (κ2) is 6.97. The van der Waals surface area contributed by atoms with Crippen LogP contribution >= 0.6 is 0 Å². The number of nitrogen functional groups attached to an aromatic ring is 1. The molecular weight excluding hydrogens is 260 g/mol. The van der Waals surface area contributed by atoms with Crippen molar-refractivity contribution in [2.45, 2.75) is 52.5 Å². The van der Waals surface area contributed by atoms with Gasteiger partial charge in [-0.1, -0.05) is 39.3 Å². The van der Waals surface area contributed by atoms with E-state index >= 15 is 0 Å². The van der Waals surface area contributed by atoms with Gasteiger partial charge in [0.1, 0.15) is 0 Å². The van der Waals surface area contributed by atoms with Crippen LogP contribution < -0.4 is 11.1 Å². The number of carbonyl (C=O) groups excluding carboxylic acids is 1.